The lowest BCUT2D eigenvalue weighted by molar-refractivity contribution is -0.128. The molecular weight excluding hydrogens is 440 g/mol. The van der Waals surface area contributed by atoms with E-state index in [4.69, 9.17) is 0 Å². The van der Waals surface area contributed by atoms with Crippen LogP contribution in [0.1, 0.15) is 58.7 Å². The van der Waals surface area contributed by atoms with Crippen LogP contribution in [0.5, 0.6) is 0 Å². The van der Waals surface area contributed by atoms with E-state index in [2.05, 4.69) is 43.4 Å². The van der Waals surface area contributed by atoms with Gasteiger partial charge in [0.05, 0.1) is 11.8 Å². The molecule has 4 rings (SSSR count). The molecule has 0 bridgehead atoms. The van der Waals surface area contributed by atoms with E-state index in [0.717, 1.165) is 24.0 Å². The van der Waals surface area contributed by atoms with Gasteiger partial charge in [-0.15, -0.1) is 11.8 Å². The van der Waals surface area contributed by atoms with Gasteiger partial charge in [-0.3, -0.25) is 9.59 Å². The molecule has 1 saturated heterocycles. The quantitative estimate of drug-likeness (QED) is 0.414. The highest BCUT2D eigenvalue weighted by Crippen LogP contribution is 2.38. The van der Waals surface area contributed by atoms with Crippen molar-refractivity contribution in [1.29, 1.82) is 0 Å². The minimum Gasteiger partial charge on any atom is -0.345 e. The normalized spacial score (nSPS) is 16.6. The van der Waals surface area contributed by atoms with Gasteiger partial charge in [0.15, 0.2) is 0 Å². The first-order chi connectivity index (χ1) is 16.5. The fourth-order valence-electron chi connectivity index (χ4n) is 4.34. The van der Waals surface area contributed by atoms with Crippen molar-refractivity contribution in [3.05, 3.63) is 107 Å². The van der Waals surface area contributed by atoms with E-state index in [-0.39, 0.29) is 23.2 Å². The zero-order valence-electron chi connectivity index (χ0n) is 19.8. The molecule has 1 aliphatic rings. The van der Waals surface area contributed by atoms with Crippen LogP contribution in [0, 0.1) is 5.92 Å². The van der Waals surface area contributed by atoms with Crippen LogP contribution in [0.2, 0.25) is 0 Å². The lowest BCUT2D eigenvalue weighted by Gasteiger charge is -2.25. The van der Waals surface area contributed by atoms with Crippen molar-refractivity contribution < 1.29 is 9.59 Å². The first-order valence-electron chi connectivity index (χ1n) is 11.9. The number of amides is 2. The molecule has 4 nitrogen and oxygen atoms in total. The summed E-state index contributed by atoms with van der Waals surface area (Å²) >= 11 is 1.65. The van der Waals surface area contributed by atoms with Crippen molar-refractivity contribution >= 4 is 23.6 Å². The lowest BCUT2D eigenvalue weighted by atomic mass is 9.96. The summed E-state index contributed by atoms with van der Waals surface area (Å²) in [6.45, 7) is 5.03. The Morgan fingerprint density at radius 2 is 1.62 bits per heavy atom. The van der Waals surface area contributed by atoms with E-state index in [9.17, 15) is 9.59 Å². The van der Waals surface area contributed by atoms with Crippen LogP contribution < -0.4 is 5.32 Å². The van der Waals surface area contributed by atoms with E-state index in [1.807, 2.05) is 65.6 Å². The predicted molar refractivity (Wildman–Crippen MR) is 140 cm³/mol. The highest BCUT2D eigenvalue weighted by Gasteiger charge is 2.32. The van der Waals surface area contributed by atoms with Crippen LogP contribution in [0.4, 0.5) is 0 Å². The van der Waals surface area contributed by atoms with Crippen molar-refractivity contribution in [2.45, 2.75) is 38.1 Å². The molecule has 1 aliphatic heterocycles. The average Bonchev–Trinajstić information content (AvgIpc) is 3.23. The number of benzene rings is 3. The maximum atomic E-state index is 13.0. The van der Waals surface area contributed by atoms with E-state index < -0.39 is 0 Å². The molecule has 2 atom stereocenters. The Bertz CT molecular complexity index is 1080. The Morgan fingerprint density at radius 3 is 2.26 bits per heavy atom. The van der Waals surface area contributed by atoms with Crippen molar-refractivity contribution in [3.63, 3.8) is 0 Å². The lowest BCUT2D eigenvalue weighted by Crippen LogP contribution is -2.30. The molecule has 0 radical (unpaired) electrons. The second-order valence-corrected chi connectivity index (χ2v) is 10.2. The Hall–Kier alpha value is -3.05. The van der Waals surface area contributed by atoms with E-state index >= 15 is 0 Å². The van der Waals surface area contributed by atoms with Gasteiger partial charge in [0, 0.05) is 12.1 Å². The summed E-state index contributed by atoms with van der Waals surface area (Å²) in [6.07, 6.45) is 1.71. The molecule has 3 aromatic rings. The molecule has 0 aliphatic carbocycles. The maximum Gasteiger partial charge on any atom is 0.251 e. The number of nitrogens with zero attached hydrogens (tertiary/aromatic N) is 1. The standard InChI is InChI=1S/C29H32N2O2S/c1-21(2)19-26(23-11-7-4-8-12-23)30-28(33)24-13-15-25(16-14-24)29-31(27(32)20-34-29)18-17-22-9-5-3-6-10-22/h3-16,21,26,29H,17-20H2,1-2H3,(H,30,33)/t26-,29-/m0/s1. The molecule has 176 valence electrons. The monoisotopic (exact) mass is 472 g/mol. The maximum absolute atomic E-state index is 13.0. The first kappa shape index (κ1) is 24.1. The highest BCUT2D eigenvalue weighted by atomic mass is 32.2. The van der Waals surface area contributed by atoms with Gasteiger partial charge in [0.2, 0.25) is 5.91 Å². The Labute approximate surface area is 206 Å². The summed E-state index contributed by atoms with van der Waals surface area (Å²) in [6, 6.07) is 28.1. The molecule has 2 amide bonds. The second kappa shape index (κ2) is 11.4. The van der Waals surface area contributed by atoms with Crippen LogP contribution in [-0.2, 0) is 11.2 Å². The SMILES string of the molecule is CC(C)C[C@H](NC(=O)c1ccc([C@@H]2SCC(=O)N2CCc2ccccc2)cc1)c1ccccc1. The second-order valence-electron chi connectivity index (χ2n) is 9.17. The fraction of sp³-hybridized carbons (Fsp3) is 0.310. The zero-order chi connectivity index (χ0) is 23.9. The van der Waals surface area contributed by atoms with Gasteiger partial charge >= 0.3 is 0 Å². The minimum absolute atomic E-state index is 0.00803. The van der Waals surface area contributed by atoms with E-state index in [1.54, 1.807) is 11.8 Å². The van der Waals surface area contributed by atoms with E-state index in [1.165, 1.54) is 5.56 Å². The van der Waals surface area contributed by atoms with Gasteiger partial charge in [-0.25, -0.2) is 0 Å². The largest absolute Gasteiger partial charge is 0.345 e. The van der Waals surface area contributed by atoms with Crippen molar-refractivity contribution in [3.8, 4) is 0 Å². The number of thioether (sulfide) groups is 1. The van der Waals surface area contributed by atoms with Crippen molar-refractivity contribution in [1.82, 2.24) is 10.2 Å². The van der Waals surface area contributed by atoms with Crippen LogP contribution in [0.25, 0.3) is 0 Å². The minimum atomic E-state index is -0.0721. The van der Waals surface area contributed by atoms with Crippen molar-refractivity contribution in [2.75, 3.05) is 12.3 Å². The predicted octanol–water partition coefficient (Wildman–Crippen LogP) is 6.02. The van der Waals surface area contributed by atoms with Crippen LogP contribution in [0.15, 0.2) is 84.9 Å². The summed E-state index contributed by atoms with van der Waals surface area (Å²) in [5, 5.41) is 3.21. The molecule has 34 heavy (non-hydrogen) atoms. The van der Waals surface area contributed by atoms with Crippen LogP contribution >= 0.6 is 11.8 Å². The third-order valence-electron chi connectivity index (χ3n) is 6.12. The molecule has 5 heteroatoms. The molecule has 1 heterocycles. The summed E-state index contributed by atoms with van der Waals surface area (Å²) in [5.41, 5.74) is 4.05. The summed E-state index contributed by atoms with van der Waals surface area (Å²) in [5.74, 6) is 1.06. The highest BCUT2D eigenvalue weighted by molar-refractivity contribution is 8.00. The fourth-order valence-corrected chi connectivity index (χ4v) is 5.56. The molecule has 0 aromatic heterocycles. The Morgan fingerprint density at radius 1 is 0.971 bits per heavy atom. The third kappa shape index (κ3) is 6.09. The molecule has 1 N–H and O–H groups in total. The molecule has 3 aromatic carbocycles. The van der Waals surface area contributed by atoms with Gasteiger partial charge in [-0.1, -0.05) is 86.6 Å². The van der Waals surface area contributed by atoms with Gasteiger partial charge < -0.3 is 10.2 Å². The van der Waals surface area contributed by atoms with Gasteiger partial charge in [0.1, 0.15) is 5.37 Å². The number of hydrogen-bond acceptors (Lipinski definition) is 3. The van der Waals surface area contributed by atoms with Gasteiger partial charge in [-0.2, -0.15) is 0 Å². The zero-order valence-corrected chi connectivity index (χ0v) is 20.6. The summed E-state index contributed by atoms with van der Waals surface area (Å²) in [4.78, 5) is 27.5. The number of nitrogens with one attached hydrogen (secondary N) is 1. The number of rotatable bonds is 9. The summed E-state index contributed by atoms with van der Waals surface area (Å²) < 4.78 is 0. The average molecular weight is 473 g/mol. The molecule has 1 fully saturated rings. The first-order valence-corrected chi connectivity index (χ1v) is 13.0. The molecule has 0 spiro atoms. The van der Waals surface area contributed by atoms with E-state index in [0.29, 0.717) is 23.8 Å². The summed E-state index contributed by atoms with van der Waals surface area (Å²) in [7, 11) is 0. The van der Waals surface area contributed by atoms with Gasteiger partial charge in [-0.05, 0) is 47.6 Å². The topological polar surface area (TPSA) is 49.4 Å². The van der Waals surface area contributed by atoms with Crippen molar-refractivity contribution in [2.24, 2.45) is 5.92 Å². The van der Waals surface area contributed by atoms with Crippen LogP contribution in [0.3, 0.4) is 0 Å². The molecule has 0 saturated carbocycles. The Kier molecular flexibility index (Phi) is 8.07. The number of carbonyl (C=O) groups is 2. The number of hydrogen-bond donors (Lipinski definition) is 1. The third-order valence-corrected chi connectivity index (χ3v) is 7.38. The number of carbonyl (C=O) groups excluding carboxylic acids is 2. The molecular formula is C29H32N2O2S. The smallest absolute Gasteiger partial charge is 0.251 e. The van der Waals surface area contributed by atoms with Crippen LogP contribution in [-0.4, -0.2) is 29.0 Å². The van der Waals surface area contributed by atoms with Gasteiger partial charge in [0.25, 0.3) is 5.91 Å². The molecule has 0 unspecified atom stereocenters. The Balaban J connectivity index is 1.43.